The van der Waals surface area contributed by atoms with E-state index in [1.165, 1.54) is 30.8 Å². The van der Waals surface area contributed by atoms with Gasteiger partial charge in [-0.3, -0.25) is 0 Å². The molecule has 1 aromatic rings. The molecule has 3 atom stereocenters. The molecule has 1 saturated carbocycles. The Hall–Kier alpha value is -0.900. The molecular formula is C18H32N4. The first kappa shape index (κ1) is 16.0. The van der Waals surface area contributed by atoms with Gasteiger partial charge in [-0.2, -0.15) is 0 Å². The number of hydrogen-bond acceptors (Lipinski definition) is 3. The molecule has 0 unspecified atom stereocenters. The van der Waals surface area contributed by atoms with Gasteiger partial charge in [-0.25, -0.2) is 4.68 Å². The zero-order valence-corrected chi connectivity index (χ0v) is 15.1. The first-order valence-corrected chi connectivity index (χ1v) is 8.86. The van der Waals surface area contributed by atoms with Crippen molar-refractivity contribution in [3.63, 3.8) is 0 Å². The first-order chi connectivity index (χ1) is 10.2. The maximum Gasteiger partial charge on any atom is 0.0859 e. The molecule has 4 nitrogen and oxygen atoms in total. The van der Waals surface area contributed by atoms with Crippen molar-refractivity contribution in [1.29, 1.82) is 0 Å². The number of nitrogens with zero attached hydrogens (tertiary/aromatic N) is 3. The third-order valence-electron chi connectivity index (χ3n) is 5.29. The first-order valence-electron chi connectivity index (χ1n) is 8.86. The lowest BCUT2D eigenvalue weighted by atomic mass is 10.00. The fraction of sp³-hybridized carbons (Fsp3) is 0.889. The summed E-state index contributed by atoms with van der Waals surface area (Å²) < 4.78 is 2.16. The Morgan fingerprint density at radius 3 is 2.27 bits per heavy atom. The molecule has 1 N–H and O–H groups in total. The summed E-state index contributed by atoms with van der Waals surface area (Å²) in [6.45, 7) is 14.6. The maximum absolute atomic E-state index is 4.49. The largest absolute Gasteiger partial charge is 0.312 e. The van der Waals surface area contributed by atoms with Crippen molar-refractivity contribution < 1.29 is 0 Å². The second-order valence-corrected chi connectivity index (χ2v) is 9.27. The highest BCUT2D eigenvalue weighted by atomic mass is 15.5. The normalized spacial score (nSPS) is 28.5. The van der Waals surface area contributed by atoms with Crippen molar-refractivity contribution in [3.8, 4) is 0 Å². The zero-order chi connectivity index (χ0) is 16.1. The van der Waals surface area contributed by atoms with Crippen LogP contribution in [0, 0.1) is 17.8 Å². The van der Waals surface area contributed by atoms with Gasteiger partial charge < -0.3 is 5.32 Å². The van der Waals surface area contributed by atoms with E-state index >= 15 is 0 Å². The number of fused-ring (bicyclic) bond motifs is 2. The average Bonchev–Trinajstić information content (AvgIpc) is 2.83. The summed E-state index contributed by atoms with van der Waals surface area (Å²) >= 11 is 0. The molecule has 3 rings (SSSR count). The van der Waals surface area contributed by atoms with E-state index in [9.17, 15) is 0 Å². The molecule has 0 spiro atoms. The van der Waals surface area contributed by atoms with Gasteiger partial charge in [-0.05, 0) is 91.5 Å². The Bertz CT molecular complexity index is 532. The summed E-state index contributed by atoms with van der Waals surface area (Å²) in [6.07, 6.45) is 4.85. The third-order valence-corrected chi connectivity index (χ3v) is 5.29. The molecule has 0 aromatic carbocycles. The zero-order valence-electron chi connectivity index (χ0n) is 15.1. The summed E-state index contributed by atoms with van der Waals surface area (Å²) in [5, 5.41) is 12.6. The van der Waals surface area contributed by atoms with Crippen LogP contribution in [0.5, 0.6) is 0 Å². The van der Waals surface area contributed by atoms with E-state index in [-0.39, 0.29) is 11.1 Å². The van der Waals surface area contributed by atoms with Crippen LogP contribution in [0.4, 0.5) is 0 Å². The van der Waals surface area contributed by atoms with Crippen molar-refractivity contribution in [2.45, 2.75) is 78.3 Å². The van der Waals surface area contributed by atoms with Gasteiger partial charge in [0.05, 0.1) is 16.9 Å². The fourth-order valence-corrected chi connectivity index (χ4v) is 4.03. The van der Waals surface area contributed by atoms with E-state index in [1.807, 2.05) is 0 Å². The number of rotatable bonds is 2. The van der Waals surface area contributed by atoms with E-state index in [1.54, 1.807) is 0 Å². The molecule has 4 heteroatoms. The van der Waals surface area contributed by atoms with E-state index in [0.29, 0.717) is 0 Å². The standard InChI is InChI=1S/C18H32N4/c1-17(2,3)19-11-14-12-7-9-15-16(10-8-13(12)14)22(21-20-15)18(4,5)6/h12-14,19H,7-11H2,1-6H3/t12-,13+,14+/m0/s1. The lowest BCUT2D eigenvalue weighted by Gasteiger charge is -2.22. The van der Waals surface area contributed by atoms with Gasteiger partial charge >= 0.3 is 0 Å². The topological polar surface area (TPSA) is 42.7 Å². The minimum atomic E-state index is 0.0376. The lowest BCUT2D eigenvalue weighted by Crippen LogP contribution is -2.37. The Morgan fingerprint density at radius 2 is 1.68 bits per heavy atom. The molecule has 2 aliphatic carbocycles. The van der Waals surface area contributed by atoms with Crippen molar-refractivity contribution in [2.24, 2.45) is 17.8 Å². The van der Waals surface area contributed by atoms with Crippen LogP contribution >= 0.6 is 0 Å². The molecule has 1 heterocycles. The monoisotopic (exact) mass is 304 g/mol. The van der Waals surface area contributed by atoms with Gasteiger partial charge in [0.25, 0.3) is 0 Å². The Balaban J connectivity index is 1.67. The highest BCUT2D eigenvalue weighted by Gasteiger charge is 2.49. The second-order valence-electron chi connectivity index (χ2n) is 9.27. The molecule has 0 bridgehead atoms. The molecule has 0 aliphatic heterocycles. The highest BCUT2D eigenvalue weighted by molar-refractivity contribution is 5.16. The van der Waals surface area contributed by atoms with E-state index in [2.05, 4.69) is 61.9 Å². The quantitative estimate of drug-likeness (QED) is 0.912. The molecule has 22 heavy (non-hydrogen) atoms. The van der Waals surface area contributed by atoms with Crippen LogP contribution in [0.25, 0.3) is 0 Å². The van der Waals surface area contributed by atoms with Crippen molar-refractivity contribution >= 4 is 0 Å². The van der Waals surface area contributed by atoms with Crippen LogP contribution in [-0.4, -0.2) is 27.1 Å². The Labute approximate surface area is 135 Å². The summed E-state index contributed by atoms with van der Waals surface area (Å²) in [5.74, 6) is 2.69. The summed E-state index contributed by atoms with van der Waals surface area (Å²) in [6, 6.07) is 0. The summed E-state index contributed by atoms with van der Waals surface area (Å²) in [7, 11) is 0. The smallest absolute Gasteiger partial charge is 0.0859 e. The van der Waals surface area contributed by atoms with Crippen molar-refractivity contribution in [3.05, 3.63) is 11.4 Å². The Kier molecular flexibility index (Phi) is 3.87. The van der Waals surface area contributed by atoms with Crippen LogP contribution in [0.1, 0.15) is 65.8 Å². The van der Waals surface area contributed by atoms with Gasteiger partial charge in [0, 0.05) is 5.54 Å². The molecule has 0 saturated heterocycles. The molecule has 1 fully saturated rings. The summed E-state index contributed by atoms with van der Waals surface area (Å²) in [4.78, 5) is 0. The molecular weight excluding hydrogens is 272 g/mol. The lowest BCUT2D eigenvalue weighted by molar-refractivity contribution is 0.332. The predicted octanol–water partition coefficient (Wildman–Crippen LogP) is 3.16. The van der Waals surface area contributed by atoms with Crippen LogP contribution in [0.3, 0.4) is 0 Å². The predicted molar refractivity (Wildman–Crippen MR) is 89.9 cm³/mol. The summed E-state index contributed by atoms with van der Waals surface area (Å²) in [5.41, 5.74) is 2.91. The molecule has 124 valence electrons. The van der Waals surface area contributed by atoms with E-state index in [4.69, 9.17) is 0 Å². The minimum absolute atomic E-state index is 0.0376. The second kappa shape index (κ2) is 5.33. The fourth-order valence-electron chi connectivity index (χ4n) is 4.03. The van der Waals surface area contributed by atoms with Crippen molar-refractivity contribution in [1.82, 2.24) is 20.3 Å². The van der Waals surface area contributed by atoms with Crippen molar-refractivity contribution in [2.75, 3.05) is 6.54 Å². The van der Waals surface area contributed by atoms with Crippen LogP contribution in [-0.2, 0) is 18.4 Å². The molecule has 1 aromatic heterocycles. The van der Waals surface area contributed by atoms with E-state index < -0.39 is 0 Å². The van der Waals surface area contributed by atoms with Gasteiger partial charge in [0.2, 0.25) is 0 Å². The number of hydrogen-bond donors (Lipinski definition) is 1. The highest BCUT2D eigenvalue weighted by Crippen LogP contribution is 2.52. The third kappa shape index (κ3) is 3.22. The SMILES string of the molecule is CC(C)(C)NC[C@H]1[C@@H]2CCc3c(nnn3C(C)(C)C)CC[C@@H]21. The van der Waals surface area contributed by atoms with E-state index in [0.717, 1.165) is 30.6 Å². The van der Waals surface area contributed by atoms with Gasteiger partial charge in [0.1, 0.15) is 0 Å². The number of nitrogens with one attached hydrogen (secondary N) is 1. The average molecular weight is 304 g/mol. The minimum Gasteiger partial charge on any atom is -0.312 e. The molecule has 0 amide bonds. The molecule has 2 aliphatic rings. The molecule has 0 radical (unpaired) electrons. The van der Waals surface area contributed by atoms with Crippen LogP contribution in [0.15, 0.2) is 0 Å². The maximum atomic E-state index is 4.49. The number of aromatic nitrogens is 3. The Morgan fingerprint density at radius 1 is 1.05 bits per heavy atom. The van der Waals surface area contributed by atoms with Crippen LogP contribution in [0.2, 0.25) is 0 Å². The van der Waals surface area contributed by atoms with Gasteiger partial charge in [0.15, 0.2) is 0 Å². The van der Waals surface area contributed by atoms with Gasteiger partial charge in [-0.15, -0.1) is 5.10 Å². The van der Waals surface area contributed by atoms with Crippen LogP contribution < -0.4 is 5.32 Å². The van der Waals surface area contributed by atoms with Gasteiger partial charge in [-0.1, -0.05) is 5.21 Å². The number of aryl methyl sites for hydroxylation is 1.